The summed E-state index contributed by atoms with van der Waals surface area (Å²) in [5.74, 6) is 2.55. The summed E-state index contributed by atoms with van der Waals surface area (Å²) >= 11 is 0. The molecule has 0 radical (unpaired) electrons. The van der Waals surface area contributed by atoms with Crippen LogP contribution in [0.15, 0.2) is 65.1 Å². The highest BCUT2D eigenvalue weighted by Gasteiger charge is 2.05. The molecular formula is C19H16O4. The van der Waals surface area contributed by atoms with Gasteiger partial charge in [0.25, 0.3) is 0 Å². The number of ether oxygens (including phenoxy) is 2. The van der Waals surface area contributed by atoms with E-state index in [-0.39, 0.29) is 0 Å². The van der Waals surface area contributed by atoms with Crippen molar-refractivity contribution in [2.45, 2.75) is 6.61 Å². The van der Waals surface area contributed by atoms with Crippen LogP contribution in [0, 0.1) is 0 Å². The van der Waals surface area contributed by atoms with Crippen LogP contribution in [0.5, 0.6) is 11.5 Å². The number of aldehydes is 1. The Labute approximate surface area is 134 Å². The van der Waals surface area contributed by atoms with Crippen molar-refractivity contribution < 1.29 is 18.7 Å². The maximum atomic E-state index is 10.7. The van der Waals surface area contributed by atoms with E-state index in [0.717, 1.165) is 22.6 Å². The largest absolute Gasteiger partial charge is 0.497 e. The van der Waals surface area contributed by atoms with Gasteiger partial charge in [0, 0.05) is 5.56 Å². The van der Waals surface area contributed by atoms with Gasteiger partial charge in [0.1, 0.15) is 23.9 Å². The van der Waals surface area contributed by atoms with Crippen molar-refractivity contribution in [2.75, 3.05) is 7.11 Å². The smallest absolute Gasteiger partial charge is 0.185 e. The zero-order valence-corrected chi connectivity index (χ0v) is 12.7. The molecule has 0 aliphatic carbocycles. The quantitative estimate of drug-likeness (QED) is 0.635. The van der Waals surface area contributed by atoms with Gasteiger partial charge < -0.3 is 13.9 Å². The van der Waals surface area contributed by atoms with Gasteiger partial charge in [0.2, 0.25) is 0 Å². The molecular weight excluding hydrogens is 292 g/mol. The fraction of sp³-hybridized carbons (Fsp3) is 0.105. The number of methoxy groups -OCH3 is 1. The molecule has 0 saturated heterocycles. The van der Waals surface area contributed by atoms with E-state index >= 15 is 0 Å². The molecule has 0 unspecified atom stereocenters. The topological polar surface area (TPSA) is 48.7 Å². The molecule has 116 valence electrons. The molecule has 4 heteroatoms. The molecule has 23 heavy (non-hydrogen) atoms. The third-order valence-electron chi connectivity index (χ3n) is 3.42. The maximum Gasteiger partial charge on any atom is 0.185 e. The highest BCUT2D eigenvalue weighted by atomic mass is 16.5. The van der Waals surface area contributed by atoms with Crippen molar-refractivity contribution in [3.8, 4) is 22.8 Å². The summed E-state index contributed by atoms with van der Waals surface area (Å²) in [5, 5.41) is 0. The molecule has 3 aromatic rings. The van der Waals surface area contributed by atoms with Gasteiger partial charge >= 0.3 is 0 Å². The number of furan rings is 1. The Kier molecular flexibility index (Phi) is 4.43. The van der Waals surface area contributed by atoms with E-state index in [2.05, 4.69) is 0 Å². The fourth-order valence-electron chi connectivity index (χ4n) is 2.22. The lowest BCUT2D eigenvalue weighted by Crippen LogP contribution is -1.95. The van der Waals surface area contributed by atoms with Crippen molar-refractivity contribution in [2.24, 2.45) is 0 Å². The molecule has 0 atom stereocenters. The second-order valence-corrected chi connectivity index (χ2v) is 4.98. The third kappa shape index (κ3) is 3.61. The summed E-state index contributed by atoms with van der Waals surface area (Å²) in [5.41, 5.74) is 1.93. The van der Waals surface area contributed by atoms with Gasteiger partial charge in [-0.1, -0.05) is 18.2 Å². The number of hydrogen-bond acceptors (Lipinski definition) is 4. The normalized spacial score (nSPS) is 10.3. The lowest BCUT2D eigenvalue weighted by Gasteiger charge is -2.08. The molecule has 3 rings (SSSR count). The van der Waals surface area contributed by atoms with Gasteiger partial charge in [0.05, 0.1) is 7.11 Å². The van der Waals surface area contributed by atoms with Crippen LogP contribution in [0.4, 0.5) is 0 Å². The molecule has 0 aliphatic rings. The summed E-state index contributed by atoms with van der Waals surface area (Å²) in [4.78, 5) is 10.7. The zero-order chi connectivity index (χ0) is 16.1. The molecule has 0 saturated carbocycles. The molecule has 0 aliphatic heterocycles. The maximum absolute atomic E-state index is 10.7. The first-order valence-electron chi connectivity index (χ1n) is 7.19. The van der Waals surface area contributed by atoms with Gasteiger partial charge in [-0.15, -0.1) is 0 Å². The van der Waals surface area contributed by atoms with Gasteiger partial charge in [0.15, 0.2) is 12.0 Å². The Morgan fingerprint density at radius 2 is 1.78 bits per heavy atom. The fourth-order valence-corrected chi connectivity index (χ4v) is 2.22. The van der Waals surface area contributed by atoms with Crippen LogP contribution in [0.25, 0.3) is 11.3 Å². The van der Waals surface area contributed by atoms with Crippen molar-refractivity contribution in [1.29, 1.82) is 0 Å². The summed E-state index contributed by atoms with van der Waals surface area (Å²) < 4.78 is 16.3. The van der Waals surface area contributed by atoms with E-state index in [9.17, 15) is 4.79 Å². The van der Waals surface area contributed by atoms with Crippen LogP contribution in [-0.2, 0) is 6.61 Å². The summed E-state index contributed by atoms with van der Waals surface area (Å²) in [6.45, 7) is 0.446. The predicted octanol–water partition coefficient (Wildman–Crippen LogP) is 4.35. The minimum absolute atomic E-state index is 0.319. The molecule has 4 nitrogen and oxygen atoms in total. The second-order valence-electron chi connectivity index (χ2n) is 4.98. The molecule has 2 aromatic carbocycles. The molecule has 1 heterocycles. The SMILES string of the molecule is COc1ccc(OCc2cccc(-c3ccc(C=O)o3)c2)cc1. The van der Waals surface area contributed by atoms with Crippen molar-refractivity contribution in [3.63, 3.8) is 0 Å². The highest BCUT2D eigenvalue weighted by Crippen LogP contribution is 2.23. The second kappa shape index (κ2) is 6.83. The summed E-state index contributed by atoms with van der Waals surface area (Å²) in [6, 6.07) is 18.7. The number of carbonyl (C=O) groups excluding carboxylic acids is 1. The first-order chi connectivity index (χ1) is 11.3. The van der Waals surface area contributed by atoms with Crippen molar-refractivity contribution >= 4 is 6.29 Å². The summed E-state index contributed by atoms with van der Waals surface area (Å²) in [6.07, 6.45) is 0.695. The lowest BCUT2D eigenvalue weighted by molar-refractivity contribution is 0.110. The van der Waals surface area contributed by atoms with Gasteiger partial charge in [-0.05, 0) is 48.0 Å². The van der Waals surface area contributed by atoms with E-state index < -0.39 is 0 Å². The van der Waals surface area contributed by atoms with E-state index in [1.54, 1.807) is 19.2 Å². The van der Waals surface area contributed by atoms with E-state index in [1.165, 1.54) is 0 Å². The van der Waals surface area contributed by atoms with Crippen LogP contribution in [-0.4, -0.2) is 13.4 Å². The average Bonchev–Trinajstić information content (AvgIpc) is 3.10. The number of benzene rings is 2. The summed E-state index contributed by atoms with van der Waals surface area (Å²) in [7, 11) is 1.63. The molecule has 0 bridgehead atoms. The Morgan fingerprint density at radius 1 is 1.00 bits per heavy atom. The van der Waals surface area contributed by atoms with Crippen molar-refractivity contribution in [1.82, 2.24) is 0 Å². The molecule has 0 amide bonds. The highest BCUT2D eigenvalue weighted by molar-refractivity contribution is 5.72. The van der Waals surface area contributed by atoms with Crippen LogP contribution in [0.2, 0.25) is 0 Å². The monoisotopic (exact) mass is 308 g/mol. The van der Waals surface area contributed by atoms with Crippen molar-refractivity contribution in [3.05, 3.63) is 72.0 Å². The predicted molar refractivity (Wildman–Crippen MR) is 86.9 cm³/mol. The molecule has 0 N–H and O–H groups in total. The first-order valence-corrected chi connectivity index (χ1v) is 7.19. The molecule has 0 fully saturated rings. The minimum Gasteiger partial charge on any atom is -0.497 e. The molecule has 0 spiro atoms. The Bertz CT molecular complexity index is 787. The third-order valence-corrected chi connectivity index (χ3v) is 3.42. The standard InChI is InChI=1S/C19H16O4/c1-21-16-5-7-17(8-6-16)22-13-14-3-2-4-15(11-14)19-10-9-18(12-20)23-19/h2-12H,13H2,1H3. The Balaban J connectivity index is 1.70. The zero-order valence-electron chi connectivity index (χ0n) is 12.7. The van der Waals surface area contributed by atoms with Gasteiger partial charge in [-0.3, -0.25) is 4.79 Å². The van der Waals surface area contributed by atoms with Crippen LogP contribution in [0.3, 0.4) is 0 Å². The van der Waals surface area contributed by atoms with Crippen LogP contribution < -0.4 is 9.47 Å². The van der Waals surface area contributed by atoms with Crippen LogP contribution in [0.1, 0.15) is 16.1 Å². The average molecular weight is 308 g/mol. The Morgan fingerprint density at radius 3 is 2.48 bits per heavy atom. The van der Waals surface area contributed by atoms with E-state index in [4.69, 9.17) is 13.9 Å². The molecule has 1 aromatic heterocycles. The van der Waals surface area contributed by atoms with Crippen LogP contribution >= 0.6 is 0 Å². The Hall–Kier alpha value is -3.01. The van der Waals surface area contributed by atoms with Gasteiger partial charge in [-0.2, -0.15) is 0 Å². The van der Waals surface area contributed by atoms with Gasteiger partial charge in [-0.25, -0.2) is 0 Å². The number of hydrogen-bond donors (Lipinski definition) is 0. The van der Waals surface area contributed by atoms with E-state index in [0.29, 0.717) is 24.4 Å². The number of rotatable bonds is 6. The first kappa shape index (κ1) is 14.9. The lowest BCUT2D eigenvalue weighted by atomic mass is 10.1. The number of carbonyl (C=O) groups is 1. The van der Waals surface area contributed by atoms with E-state index in [1.807, 2.05) is 48.5 Å². The minimum atomic E-state index is 0.319.